The molecule has 0 spiro atoms. The standard InChI is InChI=1S/C28H27FN4O4/c1-13-7-16(29)8-14(2)24(13)37-25-17(5-6-32(3)28(25)36)20-12-33(4)27(35)23-19(20)11-22(30-23)26(34)31-21-10-15-9-18(15)21/h5-8,11-12,15,18,21,30H,9-10H2,1-4H3,(H,31,34)/t15?,18?,21-/m1/s1. The van der Waals surface area contributed by atoms with Crippen molar-refractivity contribution in [1.82, 2.24) is 19.4 Å². The van der Waals surface area contributed by atoms with Gasteiger partial charge in [-0.05, 0) is 73.9 Å². The van der Waals surface area contributed by atoms with Crippen LogP contribution in [0.4, 0.5) is 4.39 Å². The lowest BCUT2D eigenvalue weighted by molar-refractivity contribution is 0.0907. The van der Waals surface area contributed by atoms with Crippen LogP contribution in [-0.4, -0.2) is 26.1 Å². The number of aromatic amines is 1. The Hall–Kier alpha value is -4.14. The van der Waals surface area contributed by atoms with Gasteiger partial charge in [0.15, 0.2) is 5.75 Å². The van der Waals surface area contributed by atoms with Crippen LogP contribution in [0.5, 0.6) is 11.5 Å². The Kier molecular flexibility index (Phi) is 5.15. The van der Waals surface area contributed by atoms with Crippen LogP contribution in [0.3, 0.4) is 0 Å². The van der Waals surface area contributed by atoms with Crippen LogP contribution in [0, 0.1) is 31.5 Å². The van der Waals surface area contributed by atoms with Gasteiger partial charge in [0.05, 0.1) is 0 Å². The monoisotopic (exact) mass is 502 g/mol. The van der Waals surface area contributed by atoms with Crippen LogP contribution in [-0.2, 0) is 14.1 Å². The maximum absolute atomic E-state index is 13.9. The van der Waals surface area contributed by atoms with Gasteiger partial charge < -0.3 is 24.2 Å². The van der Waals surface area contributed by atoms with Gasteiger partial charge in [-0.3, -0.25) is 14.4 Å². The van der Waals surface area contributed by atoms with Crippen LogP contribution < -0.4 is 21.2 Å². The van der Waals surface area contributed by atoms with Crippen LogP contribution in [0.2, 0.25) is 0 Å². The van der Waals surface area contributed by atoms with Gasteiger partial charge in [-0.25, -0.2) is 4.39 Å². The van der Waals surface area contributed by atoms with Gasteiger partial charge in [-0.2, -0.15) is 0 Å². The van der Waals surface area contributed by atoms with E-state index in [1.165, 1.54) is 27.7 Å². The second-order valence-electron chi connectivity index (χ2n) is 10.4. The Morgan fingerprint density at radius 2 is 1.76 bits per heavy atom. The van der Waals surface area contributed by atoms with E-state index in [1.807, 2.05) is 0 Å². The SMILES string of the molecule is Cc1cc(F)cc(C)c1Oc1c(-c2cn(C)c(=O)c3[nH]c(C(=O)N[C@@H]4CC5CC54)cc23)ccn(C)c1=O. The zero-order chi connectivity index (χ0) is 26.2. The highest BCUT2D eigenvalue weighted by Gasteiger charge is 2.53. The number of ether oxygens (including phenoxy) is 1. The minimum absolute atomic E-state index is 0.0456. The third-order valence-electron chi connectivity index (χ3n) is 7.72. The summed E-state index contributed by atoms with van der Waals surface area (Å²) in [5.74, 6) is 1.12. The molecule has 190 valence electrons. The number of hydrogen-bond acceptors (Lipinski definition) is 4. The van der Waals surface area contributed by atoms with Crippen LogP contribution in [0.15, 0.2) is 46.2 Å². The quantitative estimate of drug-likeness (QED) is 0.432. The summed E-state index contributed by atoms with van der Waals surface area (Å²) in [6.07, 6.45) is 5.42. The predicted octanol–water partition coefficient (Wildman–Crippen LogP) is 3.92. The summed E-state index contributed by atoms with van der Waals surface area (Å²) < 4.78 is 22.9. The van der Waals surface area contributed by atoms with Crippen molar-refractivity contribution in [3.05, 3.63) is 80.0 Å². The molecule has 3 atom stereocenters. The summed E-state index contributed by atoms with van der Waals surface area (Å²) in [4.78, 5) is 42.2. The second kappa shape index (κ2) is 8.19. The first kappa shape index (κ1) is 23.3. The highest BCUT2D eigenvalue weighted by Crippen LogP contribution is 2.55. The van der Waals surface area contributed by atoms with Crippen molar-refractivity contribution >= 4 is 16.8 Å². The summed E-state index contributed by atoms with van der Waals surface area (Å²) >= 11 is 0. The minimum Gasteiger partial charge on any atom is -0.450 e. The third kappa shape index (κ3) is 3.77. The summed E-state index contributed by atoms with van der Waals surface area (Å²) in [6, 6.07) is 6.27. The van der Waals surface area contributed by atoms with Crippen molar-refractivity contribution in [3.8, 4) is 22.6 Å². The number of aryl methyl sites for hydroxylation is 4. The normalized spacial score (nSPS) is 19.9. The van der Waals surface area contributed by atoms with Crippen LogP contribution in [0.1, 0.15) is 34.5 Å². The number of pyridine rings is 2. The first-order valence-electron chi connectivity index (χ1n) is 12.3. The number of benzene rings is 1. The topological polar surface area (TPSA) is 98.1 Å². The van der Waals surface area contributed by atoms with Crippen LogP contribution >= 0.6 is 0 Å². The van der Waals surface area contributed by atoms with Gasteiger partial charge >= 0.3 is 0 Å². The maximum Gasteiger partial charge on any atom is 0.293 e. The molecule has 1 amide bonds. The molecule has 37 heavy (non-hydrogen) atoms. The van der Waals surface area contributed by atoms with Crippen molar-refractivity contribution in [2.24, 2.45) is 25.9 Å². The Balaban J connectivity index is 1.49. The predicted molar refractivity (Wildman–Crippen MR) is 138 cm³/mol. The number of H-pyrrole nitrogens is 1. The smallest absolute Gasteiger partial charge is 0.293 e. The molecule has 1 aromatic carbocycles. The molecule has 3 heterocycles. The van der Waals surface area contributed by atoms with E-state index in [-0.39, 0.29) is 40.2 Å². The van der Waals surface area contributed by atoms with Gasteiger partial charge in [0, 0.05) is 49.0 Å². The molecule has 0 bridgehead atoms. The number of nitrogens with zero attached hydrogens (tertiary/aromatic N) is 2. The molecule has 3 aromatic heterocycles. The van der Waals surface area contributed by atoms with Gasteiger partial charge in [0.2, 0.25) is 0 Å². The number of carbonyl (C=O) groups is 1. The van der Waals surface area contributed by atoms with E-state index in [2.05, 4.69) is 10.3 Å². The van der Waals surface area contributed by atoms with E-state index < -0.39 is 0 Å². The first-order valence-corrected chi connectivity index (χ1v) is 12.3. The molecule has 8 nitrogen and oxygen atoms in total. The number of amides is 1. The van der Waals surface area contributed by atoms with E-state index in [1.54, 1.807) is 52.5 Å². The minimum atomic E-state index is -0.389. The van der Waals surface area contributed by atoms with E-state index >= 15 is 0 Å². The average Bonchev–Trinajstić information content (AvgIpc) is 3.28. The van der Waals surface area contributed by atoms with Crippen molar-refractivity contribution < 1.29 is 13.9 Å². The number of hydrogen-bond donors (Lipinski definition) is 2. The Bertz CT molecular complexity index is 1710. The number of carbonyl (C=O) groups excluding carboxylic acids is 1. The zero-order valence-corrected chi connectivity index (χ0v) is 21.0. The van der Waals surface area contributed by atoms with E-state index in [0.717, 1.165) is 12.3 Å². The molecule has 2 aliphatic rings. The molecule has 0 aliphatic heterocycles. The van der Waals surface area contributed by atoms with Crippen LogP contribution in [0.25, 0.3) is 22.0 Å². The fraction of sp³-hybridized carbons (Fsp3) is 0.321. The number of fused-ring (bicyclic) bond motifs is 2. The van der Waals surface area contributed by atoms with Gasteiger partial charge in [-0.1, -0.05) is 0 Å². The highest BCUT2D eigenvalue weighted by atomic mass is 19.1. The molecule has 9 heteroatoms. The molecule has 2 aliphatic carbocycles. The molecule has 2 unspecified atom stereocenters. The molecular formula is C28H27FN4O4. The molecule has 6 rings (SSSR count). The fourth-order valence-corrected chi connectivity index (χ4v) is 5.50. The molecule has 0 saturated heterocycles. The summed E-state index contributed by atoms with van der Waals surface area (Å²) in [5.41, 5.74) is 1.99. The highest BCUT2D eigenvalue weighted by molar-refractivity contribution is 6.03. The van der Waals surface area contributed by atoms with Crippen molar-refractivity contribution in [1.29, 1.82) is 0 Å². The number of rotatable bonds is 5. The first-order chi connectivity index (χ1) is 17.6. The number of nitrogens with one attached hydrogen (secondary N) is 2. The molecule has 2 saturated carbocycles. The molecule has 0 radical (unpaired) electrons. The lowest BCUT2D eigenvalue weighted by Crippen LogP contribution is -2.42. The third-order valence-corrected chi connectivity index (χ3v) is 7.72. The van der Waals surface area contributed by atoms with Crippen molar-refractivity contribution in [2.75, 3.05) is 0 Å². The summed E-state index contributed by atoms with van der Waals surface area (Å²) in [7, 11) is 3.23. The zero-order valence-electron chi connectivity index (χ0n) is 21.0. The van der Waals surface area contributed by atoms with E-state index in [0.29, 0.717) is 45.0 Å². The summed E-state index contributed by atoms with van der Waals surface area (Å²) in [6.45, 7) is 3.43. The molecule has 4 aromatic rings. The Morgan fingerprint density at radius 1 is 1.03 bits per heavy atom. The van der Waals surface area contributed by atoms with Crippen molar-refractivity contribution in [3.63, 3.8) is 0 Å². The largest absolute Gasteiger partial charge is 0.450 e. The fourth-order valence-electron chi connectivity index (χ4n) is 5.50. The Morgan fingerprint density at radius 3 is 2.41 bits per heavy atom. The maximum atomic E-state index is 13.9. The number of halogens is 1. The molecule has 2 fully saturated rings. The van der Waals surface area contributed by atoms with Gasteiger partial charge in [0.1, 0.15) is 22.8 Å². The molecule has 2 N–H and O–H groups in total. The van der Waals surface area contributed by atoms with E-state index in [9.17, 15) is 18.8 Å². The average molecular weight is 503 g/mol. The lowest BCUT2D eigenvalue weighted by atomic mass is 9.93. The van der Waals surface area contributed by atoms with E-state index in [4.69, 9.17) is 4.74 Å². The lowest BCUT2D eigenvalue weighted by Gasteiger charge is -2.25. The number of aromatic nitrogens is 3. The van der Waals surface area contributed by atoms with Gasteiger partial charge in [-0.15, -0.1) is 0 Å². The second-order valence-corrected chi connectivity index (χ2v) is 10.4. The molecular weight excluding hydrogens is 475 g/mol. The Labute approximate surface area is 211 Å². The summed E-state index contributed by atoms with van der Waals surface area (Å²) in [5, 5.41) is 3.58. The van der Waals surface area contributed by atoms with Gasteiger partial charge in [0.25, 0.3) is 17.0 Å². The van der Waals surface area contributed by atoms with Crippen molar-refractivity contribution in [2.45, 2.75) is 32.7 Å².